The molecule has 1 amide bonds. The molecule has 0 saturated carbocycles. The molecule has 2 aromatic carbocycles. The van der Waals surface area contributed by atoms with Gasteiger partial charge in [-0.15, -0.1) is 0 Å². The normalized spacial score (nSPS) is 10.3. The molecule has 0 fully saturated rings. The maximum Gasteiger partial charge on any atom is 0.274 e. The molecule has 134 valence electrons. The number of nitrogens with zero attached hydrogens (tertiary/aromatic N) is 2. The molecule has 0 spiro atoms. The molecule has 0 unspecified atom stereocenters. The van der Waals surface area contributed by atoms with Crippen LogP contribution in [-0.4, -0.2) is 10.9 Å². The zero-order chi connectivity index (χ0) is 19.2. The maximum absolute atomic E-state index is 12.5. The number of benzene rings is 2. The number of carbonyl (C=O) groups excluding carboxylic acids is 1. The Balaban J connectivity index is 1.70. The highest BCUT2D eigenvalue weighted by Gasteiger charge is 2.09. The van der Waals surface area contributed by atoms with Crippen molar-refractivity contribution in [1.82, 2.24) is 4.98 Å². The van der Waals surface area contributed by atoms with Crippen LogP contribution in [0.2, 0.25) is 0 Å². The van der Waals surface area contributed by atoms with Gasteiger partial charge < -0.3 is 10.6 Å². The Morgan fingerprint density at radius 1 is 0.963 bits per heavy atom. The molecule has 1 aromatic heterocycles. The van der Waals surface area contributed by atoms with Gasteiger partial charge in [0.25, 0.3) is 5.91 Å². The first kappa shape index (κ1) is 18.2. The Kier molecular flexibility index (Phi) is 5.48. The summed E-state index contributed by atoms with van der Waals surface area (Å²) >= 11 is 0. The van der Waals surface area contributed by atoms with Gasteiger partial charge in [0.2, 0.25) is 0 Å². The minimum atomic E-state index is -0.268. The molecular formula is C22H20N4O. The second-order valence-corrected chi connectivity index (χ2v) is 6.47. The van der Waals surface area contributed by atoms with Gasteiger partial charge in [0.05, 0.1) is 11.6 Å². The van der Waals surface area contributed by atoms with Gasteiger partial charge in [-0.1, -0.05) is 26.0 Å². The fourth-order valence-electron chi connectivity index (χ4n) is 2.57. The van der Waals surface area contributed by atoms with E-state index in [1.54, 1.807) is 30.5 Å². The number of hydrogen-bond donors (Lipinski definition) is 2. The molecule has 0 radical (unpaired) electrons. The van der Waals surface area contributed by atoms with E-state index in [-0.39, 0.29) is 5.91 Å². The van der Waals surface area contributed by atoms with Gasteiger partial charge in [-0.2, -0.15) is 5.26 Å². The first-order valence-electron chi connectivity index (χ1n) is 8.70. The van der Waals surface area contributed by atoms with E-state index < -0.39 is 0 Å². The van der Waals surface area contributed by atoms with Crippen LogP contribution < -0.4 is 10.6 Å². The van der Waals surface area contributed by atoms with Crippen LogP contribution in [0.3, 0.4) is 0 Å². The van der Waals surface area contributed by atoms with Crippen molar-refractivity contribution >= 4 is 23.0 Å². The van der Waals surface area contributed by atoms with E-state index in [1.165, 1.54) is 5.56 Å². The van der Waals surface area contributed by atoms with Crippen LogP contribution in [0.15, 0.2) is 66.9 Å². The topological polar surface area (TPSA) is 77.8 Å². The van der Waals surface area contributed by atoms with Gasteiger partial charge in [-0.3, -0.25) is 9.78 Å². The van der Waals surface area contributed by atoms with Gasteiger partial charge >= 0.3 is 0 Å². The van der Waals surface area contributed by atoms with Crippen molar-refractivity contribution in [3.05, 3.63) is 83.7 Å². The van der Waals surface area contributed by atoms with Crippen LogP contribution in [0.25, 0.3) is 0 Å². The lowest BCUT2D eigenvalue weighted by Gasteiger charge is -2.10. The van der Waals surface area contributed by atoms with E-state index in [9.17, 15) is 4.79 Å². The standard InChI is InChI=1S/C22H20N4O/c1-15(2)17-5-9-19(10-6-17)26-22(27)21-13-20(11-12-24-21)25-18-7-3-16(14-23)4-8-18/h3-13,15H,1-2H3,(H,24,25)(H,26,27). The largest absolute Gasteiger partial charge is 0.355 e. The second kappa shape index (κ2) is 8.15. The second-order valence-electron chi connectivity index (χ2n) is 6.47. The van der Waals surface area contributed by atoms with Crippen LogP contribution >= 0.6 is 0 Å². The highest BCUT2D eigenvalue weighted by Crippen LogP contribution is 2.19. The van der Waals surface area contributed by atoms with Gasteiger partial charge in [0.15, 0.2) is 0 Å². The first-order valence-corrected chi connectivity index (χ1v) is 8.70. The number of amides is 1. The molecule has 0 aliphatic carbocycles. The average Bonchev–Trinajstić information content (AvgIpc) is 2.69. The van der Waals surface area contributed by atoms with Crippen LogP contribution in [0.4, 0.5) is 17.1 Å². The van der Waals surface area contributed by atoms with E-state index in [0.717, 1.165) is 17.1 Å². The minimum Gasteiger partial charge on any atom is -0.355 e. The Bertz CT molecular complexity index is 970. The van der Waals surface area contributed by atoms with Crippen molar-refractivity contribution in [2.24, 2.45) is 0 Å². The van der Waals surface area contributed by atoms with Gasteiger partial charge in [0.1, 0.15) is 5.69 Å². The summed E-state index contributed by atoms with van der Waals surface area (Å²) in [6.45, 7) is 4.26. The summed E-state index contributed by atoms with van der Waals surface area (Å²) in [7, 11) is 0. The lowest BCUT2D eigenvalue weighted by Crippen LogP contribution is -2.13. The summed E-state index contributed by atoms with van der Waals surface area (Å²) in [5, 5.41) is 14.9. The molecule has 5 heteroatoms. The van der Waals surface area contributed by atoms with E-state index in [2.05, 4.69) is 35.5 Å². The van der Waals surface area contributed by atoms with Crippen LogP contribution in [0.5, 0.6) is 0 Å². The molecule has 3 aromatic rings. The molecule has 2 N–H and O–H groups in total. The number of aromatic nitrogens is 1. The predicted octanol–water partition coefficient (Wildman–Crippen LogP) is 5.07. The molecule has 0 aliphatic rings. The minimum absolute atomic E-state index is 0.268. The molecule has 5 nitrogen and oxygen atoms in total. The summed E-state index contributed by atoms with van der Waals surface area (Å²) in [4.78, 5) is 16.6. The van der Waals surface area contributed by atoms with Crippen LogP contribution in [0.1, 0.15) is 41.4 Å². The third-order valence-corrected chi connectivity index (χ3v) is 4.13. The van der Waals surface area contributed by atoms with E-state index in [4.69, 9.17) is 5.26 Å². The zero-order valence-corrected chi connectivity index (χ0v) is 15.2. The third-order valence-electron chi connectivity index (χ3n) is 4.13. The Morgan fingerprint density at radius 3 is 2.26 bits per heavy atom. The third kappa shape index (κ3) is 4.71. The van der Waals surface area contributed by atoms with Gasteiger partial charge in [0, 0.05) is 23.3 Å². The molecule has 0 atom stereocenters. The van der Waals surface area contributed by atoms with E-state index in [0.29, 0.717) is 17.2 Å². The number of carbonyl (C=O) groups is 1. The van der Waals surface area contributed by atoms with Crippen molar-refractivity contribution in [2.75, 3.05) is 10.6 Å². The SMILES string of the molecule is CC(C)c1ccc(NC(=O)c2cc(Nc3ccc(C#N)cc3)ccn2)cc1. The van der Waals surface area contributed by atoms with Crippen molar-refractivity contribution in [1.29, 1.82) is 5.26 Å². The summed E-state index contributed by atoms with van der Waals surface area (Å²) in [6, 6.07) is 20.5. The Labute approximate surface area is 158 Å². The molecule has 3 rings (SSSR count). The number of nitrogens with one attached hydrogen (secondary N) is 2. The van der Waals surface area contributed by atoms with Crippen molar-refractivity contribution in [2.45, 2.75) is 19.8 Å². The molecule has 0 saturated heterocycles. The number of nitriles is 1. The fraction of sp³-hybridized carbons (Fsp3) is 0.136. The van der Waals surface area contributed by atoms with E-state index in [1.807, 2.05) is 36.4 Å². The summed E-state index contributed by atoms with van der Waals surface area (Å²) in [5.41, 5.74) is 4.45. The van der Waals surface area contributed by atoms with Gasteiger partial charge in [-0.25, -0.2) is 0 Å². The van der Waals surface area contributed by atoms with E-state index >= 15 is 0 Å². The summed E-state index contributed by atoms with van der Waals surface area (Å²) in [5.74, 6) is 0.178. The lowest BCUT2D eigenvalue weighted by atomic mass is 10.0. The Hall–Kier alpha value is -3.65. The quantitative estimate of drug-likeness (QED) is 0.669. The molecule has 0 aliphatic heterocycles. The number of anilines is 3. The van der Waals surface area contributed by atoms with Crippen molar-refractivity contribution < 1.29 is 4.79 Å². The summed E-state index contributed by atoms with van der Waals surface area (Å²) in [6.07, 6.45) is 1.59. The first-order chi connectivity index (χ1) is 13.0. The predicted molar refractivity (Wildman–Crippen MR) is 107 cm³/mol. The summed E-state index contributed by atoms with van der Waals surface area (Å²) < 4.78 is 0. The van der Waals surface area contributed by atoms with Crippen molar-refractivity contribution in [3.8, 4) is 6.07 Å². The molecule has 0 bridgehead atoms. The maximum atomic E-state index is 12.5. The molecule has 27 heavy (non-hydrogen) atoms. The number of pyridine rings is 1. The smallest absolute Gasteiger partial charge is 0.274 e. The highest BCUT2D eigenvalue weighted by atomic mass is 16.1. The number of rotatable bonds is 5. The van der Waals surface area contributed by atoms with Crippen molar-refractivity contribution in [3.63, 3.8) is 0 Å². The van der Waals surface area contributed by atoms with Gasteiger partial charge in [-0.05, 0) is 60.0 Å². The highest BCUT2D eigenvalue weighted by molar-refractivity contribution is 6.03. The molecular weight excluding hydrogens is 336 g/mol. The monoisotopic (exact) mass is 356 g/mol. The molecule has 1 heterocycles. The fourth-order valence-corrected chi connectivity index (χ4v) is 2.57. The number of hydrogen-bond acceptors (Lipinski definition) is 4. The van der Waals surface area contributed by atoms with Crippen LogP contribution in [0, 0.1) is 11.3 Å². The average molecular weight is 356 g/mol. The lowest BCUT2D eigenvalue weighted by molar-refractivity contribution is 0.102. The zero-order valence-electron chi connectivity index (χ0n) is 15.2. The Morgan fingerprint density at radius 2 is 1.63 bits per heavy atom. The van der Waals surface area contributed by atoms with Crippen LogP contribution in [-0.2, 0) is 0 Å².